The highest BCUT2D eigenvalue weighted by Crippen LogP contribution is 2.34. The number of halogens is 1. The van der Waals surface area contributed by atoms with Gasteiger partial charge in [-0.1, -0.05) is 17.7 Å². The van der Waals surface area contributed by atoms with E-state index in [0.29, 0.717) is 40.9 Å². The molecule has 0 saturated carbocycles. The summed E-state index contributed by atoms with van der Waals surface area (Å²) in [4.78, 5) is 24.5. The van der Waals surface area contributed by atoms with Gasteiger partial charge in [-0.3, -0.25) is 14.5 Å². The molecule has 0 spiro atoms. The van der Waals surface area contributed by atoms with E-state index in [0.717, 1.165) is 22.6 Å². The number of hydrogen-bond acceptors (Lipinski definition) is 7. The van der Waals surface area contributed by atoms with Crippen LogP contribution >= 0.6 is 11.6 Å². The van der Waals surface area contributed by atoms with Gasteiger partial charge in [0.1, 0.15) is 17.3 Å². The minimum Gasteiger partial charge on any atom is -0.392 e. The van der Waals surface area contributed by atoms with Gasteiger partial charge >= 0.3 is 0 Å². The maximum atomic E-state index is 13.7. The number of carbonyl (C=O) groups is 1. The average molecular weight is 522 g/mol. The molecule has 1 atom stereocenters. The topological polar surface area (TPSA) is 110 Å². The number of carbonyl (C=O) groups excluding carboxylic acids is 1. The van der Waals surface area contributed by atoms with Crippen LogP contribution in [0.2, 0.25) is 5.02 Å². The van der Waals surface area contributed by atoms with Crippen molar-refractivity contribution in [1.82, 2.24) is 29.2 Å². The number of ether oxygens (including phenoxy) is 1. The molecule has 4 aromatic heterocycles. The van der Waals surface area contributed by atoms with Gasteiger partial charge in [0.15, 0.2) is 0 Å². The van der Waals surface area contributed by atoms with Crippen molar-refractivity contribution in [2.75, 3.05) is 19.0 Å². The Balaban J connectivity index is 1.47. The fourth-order valence-electron chi connectivity index (χ4n) is 4.60. The standard InChI is InChI=1S/C26H28ClN7O3/c1-16-4-5-17(14-35)22(30-16)13-34-19(15-37-3)12-33-11-18(8-23(33)26(34)36)20-9-24(28-10-21(20)27)31-25-6-7-29-32(25)2/h4-11,19,35H,12-15H2,1-3H3,(H,28,31). The van der Waals surface area contributed by atoms with Gasteiger partial charge in [-0.15, -0.1) is 0 Å². The van der Waals surface area contributed by atoms with Crippen LogP contribution in [0.3, 0.4) is 0 Å². The highest BCUT2D eigenvalue weighted by atomic mass is 35.5. The third-order valence-electron chi connectivity index (χ3n) is 6.53. The normalized spacial score (nSPS) is 15.2. The average Bonchev–Trinajstić information content (AvgIpc) is 3.49. The number of anilines is 2. The minimum atomic E-state index is -0.200. The predicted octanol–water partition coefficient (Wildman–Crippen LogP) is 3.55. The summed E-state index contributed by atoms with van der Waals surface area (Å²) in [6.07, 6.45) is 5.23. The largest absolute Gasteiger partial charge is 0.392 e. The number of aliphatic hydroxyl groups excluding tert-OH is 1. The predicted molar refractivity (Wildman–Crippen MR) is 140 cm³/mol. The molecular formula is C26H28ClN7O3. The van der Waals surface area contributed by atoms with Gasteiger partial charge in [0, 0.05) is 61.5 Å². The second-order valence-electron chi connectivity index (χ2n) is 9.04. The fourth-order valence-corrected chi connectivity index (χ4v) is 4.81. The number of methoxy groups -OCH3 is 1. The first-order valence-electron chi connectivity index (χ1n) is 11.8. The first kappa shape index (κ1) is 24.9. The quantitative estimate of drug-likeness (QED) is 0.365. The third kappa shape index (κ3) is 4.95. The van der Waals surface area contributed by atoms with Crippen molar-refractivity contribution in [3.8, 4) is 11.1 Å². The molecule has 1 aliphatic heterocycles. The smallest absolute Gasteiger partial charge is 0.271 e. The summed E-state index contributed by atoms with van der Waals surface area (Å²) in [6.45, 7) is 2.95. The molecule has 0 bridgehead atoms. The number of aromatic nitrogens is 5. The second-order valence-corrected chi connectivity index (χ2v) is 9.45. The van der Waals surface area contributed by atoms with E-state index in [4.69, 9.17) is 16.3 Å². The van der Waals surface area contributed by atoms with E-state index in [2.05, 4.69) is 20.4 Å². The van der Waals surface area contributed by atoms with E-state index >= 15 is 0 Å². The third-order valence-corrected chi connectivity index (χ3v) is 6.83. The van der Waals surface area contributed by atoms with E-state index < -0.39 is 0 Å². The molecule has 2 N–H and O–H groups in total. The lowest BCUT2D eigenvalue weighted by Gasteiger charge is -2.36. The Labute approximate surface area is 219 Å². The Morgan fingerprint density at radius 3 is 2.84 bits per heavy atom. The summed E-state index contributed by atoms with van der Waals surface area (Å²) in [7, 11) is 3.46. The van der Waals surface area contributed by atoms with Crippen LogP contribution in [0.25, 0.3) is 11.1 Å². The number of aliphatic hydroxyl groups is 1. The first-order chi connectivity index (χ1) is 17.9. The molecule has 1 unspecified atom stereocenters. The molecular weight excluding hydrogens is 494 g/mol. The van der Waals surface area contributed by atoms with E-state index in [1.54, 1.807) is 29.1 Å². The highest BCUT2D eigenvalue weighted by molar-refractivity contribution is 6.33. The van der Waals surface area contributed by atoms with Crippen LogP contribution in [0, 0.1) is 6.92 Å². The summed E-state index contributed by atoms with van der Waals surface area (Å²) in [5.41, 5.74) is 4.33. The summed E-state index contributed by atoms with van der Waals surface area (Å²) in [5.74, 6) is 1.27. The molecule has 0 aromatic carbocycles. The maximum Gasteiger partial charge on any atom is 0.271 e. The molecule has 0 radical (unpaired) electrons. The van der Waals surface area contributed by atoms with Gasteiger partial charge in [0.05, 0.1) is 42.7 Å². The van der Waals surface area contributed by atoms with Crippen molar-refractivity contribution in [1.29, 1.82) is 0 Å². The number of rotatable bonds is 8. The number of fused-ring (bicyclic) bond motifs is 1. The van der Waals surface area contributed by atoms with Gasteiger partial charge < -0.3 is 24.6 Å². The molecule has 4 aromatic rings. The molecule has 192 valence electrons. The van der Waals surface area contributed by atoms with Crippen LogP contribution in [0.15, 0.2) is 48.9 Å². The lowest BCUT2D eigenvalue weighted by Crippen LogP contribution is -2.49. The van der Waals surface area contributed by atoms with Gasteiger partial charge in [-0.2, -0.15) is 5.10 Å². The summed E-state index contributed by atoms with van der Waals surface area (Å²) in [5, 5.41) is 17.7. The Hall–Kier alpha value is -3.73. The Bertz CT molecular complexity index is 1450. The lowest BCUT2D eigenvalue weighted by molar-refractivity contribution is 0.0382. The zero-order valence-corrected chi connectivity index (χ0v) is 21.6. The van der Waals surface area contributed by atoms with Gasteiger partial charge in [0.2, 0.25) is 0 Å². The minimum absolute atomic E-state index is 0.134. The Morgan fingerprint density at radius 2 is 2.11 bits per heavy atom. The number of pyridine rings is 2. The van der Waals surface area contributed by atoms with E-state index in [9.17, 15) is 9.90 Å². The van der Waals surface area contributed by atoms with Crippen molar-refractivity contribution in [3.05, 3.63) is 76.6 Å². The fraction of sp³-hybridized carbons (Fsp3) is 0.308. The molecule has 10 nitrogen and oxygen atoms in total. The van der Waals surface area contributed by atoms with Crippen molar-refractivity contribution in [3.63, 3.8) is 0 Å². The molecule has 37 heavy (non-hydrogen) atoms. The lowest BCUT2D eigenvalue weighted by atomic mass is 10.1. The van der Waals surface area contributed by atoms with Crippen LogP contribution in [-0.2, 0) is 31.5 Å². The Kier molecular flexibility index (Phi) is 6.96. The number of nitrogens with zero attached hydrogens (tertiary/aromatic N) is 6. The monoisotopic (exact) mass is 521 g/mol. The van der Waals surface area contributed by atoms with Gasteiger partial charge in [-0.05, 0) is 25.1 Å². The molecule has 0 saturated heterocycles. The van der Waals surface area contributed by atoms with E-state index in [1.807, 2.05) is 55.1 Å². The van der Waals surface area contributed by atoms with Crippen LogP contribution in [-0.4, -0.2) is 60.0 Å². The molecule has 1 aliphatic rings. The van der Waals surface area contributed by atoms with E-state index in [1.165, 1.54) is 0 Å². The van der Waals surface area contributed by atoms with Gasteiger partial charge in [0.25, 0.3) is 5.91 Å². The number of hydrogen-bond donors (Lipinski definition) is 2. The van der Waals surface area contributed by atoms with Crippen LogP contribution in [0.4, 0.5) is 11.6 Å². The zero-order valence-electron chi connectivity index (χ0n) is 20.8. The highest BCUT2D eigenvalue weighted by Gasteiger charge is 2.34. The van der Waals surface area contributed by atoms with Crippen molar-refractivity contribution < 1.29 is 14.6 Å². The van der Waals surface area contributed by atoms with Crippen LogP contribution < -0.4 is 5.32 Å². The summed E-state index contributed by atoms with van der Waals surface area (Å²) in [6, 6.07) is 9.06. The van der Waals surface area contributed by atoms with Crippen LogP contribution in [0.5, 0.6) is 0 Å². The number of aryl methyl sites for hydroxylation is 2. The molecule has 5 rings (SSSR count). The molecule has 0 aliphatic carbocycles. The second kappa shape index (κ2) is 10.3. The number of nitrogens with one attached hydrogen (secondary N) is 1. The summed E-state index contributed by atoms with van der Waals surface area (Å²) < 4.78 is 9.11. The van der Waals surface area contributed by atoms with E-state index in [-0.39, 0.29) is 25.1 Å². The molecule has 1 amide bonds. The molecule has 11 heteroatoms. The maximum absolute atomic E-state index is 13.7. The first-order valence-corrected chi connectivity index (χ1v) is 12.2. The number of amides is 1. The molecule has 0 fully saturated rings. The van der Waals surface area contributed by atoms with Crippen molar-refractivity contribution in [2.24, 2.45) is 7.05 Å². The van der Waals surface area contributed by atoms with Gasteiger partial charge in [-0.25, -0.2) is 4.98 Å². The van der Waals surface area contributed by atoms with Crippen molar-refractivity contribution >= 4 is 29.1 Å². The van der Waals surface area contributed by atoms with Crippen LogP contribution in [0.1, 0.15) is 27.4 Å². The molecule has 5 heterocycles. The van der Waals surface area contributed by atoms with Crippen molar-refractivity contribution in [2.45, 2.75) is 32.7 Å². The Morgan fingerprint density at radius 1 is 1.27 bits per heavy atom. The summed E-state index contributed by atoms with van der Waals surface area (Å²) >= 11 is 6.54. The zero-order chi connectivity index (χ0) is 26.1. The SMILES string of the molecule is COCC1Cn2cc(-c3cc(Nc4ccnn4C)ncc3Cl)cc2C(=O)N1Cc1nc(C)ccc1CO.